The van der Waals surface area contributed by atoms with Crippen LogP contribution in [0.1, 0.15) is 37.5 Å². The van der Waals surface area contributed by atoms with E-state index in [9.17, 15) is 5.11 Å². The summed E-state index contributed by atoms with van der Waals surface area (Å²) in [7, 11) is 0. The predicted molar refractivity (Wildman–Crippen MR) is 88.4 cm³/mol. The van der Waals surface area contributed by atoms with Gasteiger partial charge in [-0.1, -0.05) is 35.9 Å². The van der Waals surface area contributed by atoms with Crippen molar-refractivity contribution in [1.82, 2.24) is 0 Å². The SMILES string of the molecule is CC(O)c1ccc(N2c3ccccc3CCC2C)cc1Cl. The second kappa shape index (κ2) is 5.70. The number of aryl methyl sites for hydroxylation is 1. The minimum atomic E-state index is -0.544. The molecular formula is C18H20ClNO. The van der Waals surface area contributed by atoms with E-state index in [-0.39, 0.29) is 0 Å². The molecule has 2 nitrogen and oxygen atoms in total. The molecule has 0 aliphatic carbocycles. The van der Waals surface area contributed by atoms with Crippen molar-refractivity contribution in [3.63, 3.8) is 0 Å². The highest BCUT2D eigenvalue weighted by atomic mass is 35.5. The van der Waals surface area contributed by atoms with Gasteiger partial charge in [0.2, 0.25) is 0 Å². The molecule has 0 saturated heterocycles. The van der Waals surface area contributed by atoms with Gasteiger partial charge in [-0.15, -0.1) is 0 Å². The molecular weight excluding hydrogens is 282 g/mol. The quantitative estimate of drug-likeness (QED) is 0.855. The molecule has 3 rings (SSSR count). The van der Waals surface area contributed by atoms with Crippen molar-refractivity contribution in [3.05, 3.63) is 58.6 Å². The number of nitrogens with zero attached hydrogens (tertiary/aromatic N) is 1. The number of hydrogen-bond donors (Lipinski definition) is 1. The van der Waals surface area contributed by atoms with Crippen LogP contribution in [-0.2, 0) is 6.42 Å². The van der Waals surface area contributed by atoms with E-state index in [0.29, 0.717) is 11.1 Å². The summed E-state index contributed by atoms with van der Waals surface area (Å²) in [4.78, 5) is 2.34. The van der Waals surface area contributed by atoms with Gasteiger partial charge in [0.25, 0.3) is 0 Å². The Hall–Kier alpha value is -1.51. The molecule has 2 atom stereocenters. The molecule has 0 radical (unpaired) electrons. The van der Waals surface area contributed by atoms with Gasteiger partial charge in [0.05, 0.1) is 6.10 Å². The summed E-state index contributed by atoms with van der Waals surface area (Å²) in [6, 6.07) is 14.9. The number of rotatable bonds is 2. The minimum Gasteiger partial charge on any atom is -0.389 e. The number of aliphatic hydroxyl groups is 1. The maximum atomic E-state index is 9.72. The van der Waals surface area contributed by atoms with Crippen molar-refractivity contribution in [2.75, 3.05) is 4.90 Å². The third kappa shape index (κ3) is 2.66. The highest BCUT2D eigenvalue weighted by Crippen LogP contribution is 2.38. The first-order valence-corrected chi connectivity index (χ1v) is 7.80. The van der Waals surface area contributed by atoms with Crippen LogP contribution < -0.4 is 4.90 Å². The third-order valence-corrected chi connectivity index (χ3v) is 4.56. The second-order valence-corrected chi connectivity index (χ2v) is 6.18. The Bertz CT molecular complexity index is 653. The molecule has 3 heteroatoms. The Morgan fingerprint density at radius 1 is 1.24 bits per heavy atom. The lowest BCUT2D eigenvalue weighted by Gasteiger charge is -2.37. The van der Waals surface area contributed by atoms with Crippen molar-refractivity contribution >= 4 is 23.0 Å². The average molecular weight is 302 g/mol. The summed E-state index contributed by atoms with van der Waals surface area (Å²) >= 11 is 6.33. The Labute approximate surface area is 131 Å². The Morgan fingerprint density at radius 2 is 2.00 bits per heavy atom. The molecule has 0 saturated carbocycles. The number of fused-ring (bicyclic) bond motifs is 1. The number of para-hydroxylation sites is 1. The zero-order valence-corrected chi connectivity index (χ0v) is 13.1. The maximum absolute atomic E-state index is 9.72. The monoisotopic (exact) mass is 301 g/mol. The lowest BCUT2D eigenvalue weighted by Crippen LogP contribution is -2.33. The first-order chi connectivity index (χ1) is 10.1. The Balaban J connectivity index is 2.05. The van der Waals surface area contributed by atoms with E-state index in [1.165, 1.54) is 11.3 Å². The van der Waals surface area contributed by atoms with Crippen molar-refractivity contribution in [3.8, 4) is 0 Å². The minimum absolute atomic E-state index is 0.438. The van der Waals surface area contributed by atoms with Crippen LogP contribution in [0.15, 0.2) is 42.5 Å². The fraction of sp³-hybridized carbons (Fsp3) is 0.333. The van der Waals surface area contributed by atoms with Gasteiger partial charge in [-0.2, -0.15) is 0 Å². The van der Waals surface area contributed by atoms with Crippen LogP contribution >= 0.6 is 11.6 Å². The van der Waals surface area contributed by atoms with Gasteiger partial charge in [-0.05, 0) is 56.0 Å². The van der Waals surface area contributed by atoms with Crippen molar-refractivity contribution in [1.29, 1.82) is 0 Å². The van der Waals surface area contributed by atoms with Gasteiger partial charge in [0, 0.05) is 22.4 Å². The highest BCUT2D eigenvalue weighted by Gasteiger charge is 2.24. The van der Waals surface area contributed by atoms with Crippen LogP contribution in [0.2, 0.25) is 5.02 Å². The van der Waals surface area contributed by atoms with Crippen LogP contribution in [0.25, 0.3) is 0 Å². The van der Waals surface area contributed by atoms with Crippen LogP contribution in [0.4, 0.5) is 11.4 Å². The second-order valence-electron chi connectivity index (χ2n) is 5.77. The summed E-state index contributed by atoms with van der Waals surface area (Å²) in [5.74, 6) is 0. The van der Waals surface area contributed by atoms with Crippen LogP contribution in [0, 0.1) is 0 Å². The fourth-order valence-electron chi connectivity index (χ4n) is 3.09. The molecule has 1 aliphatic rings. The fourth-order valence-corrected chi connectivity index (χ4v) is 3.42. The van der Waals surface area contributed by atoms with Crippen LogP contribution in [0.3, 0.4) is 0 Å². The molecule has 21 heavy (non-hydrogen) atoms. The van der Waals surface area contributed by atoms with E-state index in [1.54, 1.807) is 6.92 Å². The normalized spacial score (nSPS) is 19.2. The van der Waals surface area contributed by atoms with Gasteiger partial charge in [-0.25, -0.2) is 0 Å². The molecule has 110 valence electrons. The number of aliphatic hydroxyl groups excluding tert-OH is 1. The molecule has 2 unspecified atom stereocenters. The lowest BCUT2D eigenvalue weighted by molar-refractivity contribution is 0.199. The molecule has 0 fully saturated rings. The molecule has 2 aromatic rings. The number of benzene rings is 2. The first-order valence-electron chi connectivity index (χ1n) is 7.42. The van der Waals surface area contributed by atoms with E-state index in [4.69, 9.17) is 11.6 Å². The molecule has 0 aromatic heterocycles. The van der Waals surface area contributed by atoms with E-state index in [1.807, 2.05) is 18.2 Å². The molecule has 0 amide bonds. The number of hydrogen-bond acceptors (Lipinski definition) is 2. The van der Waals surface area contributed by atoms with Gasteiger partial charge < -0.3 is 10.0 Å². The largest absolute Gasteiger partial charge is 0.389 e. The number of halogens is 1. The molecule has 0 bridgehead atoms. The molecule has 0 spiro atoms. The summed E-state index contributed by atoms with van der Waals surface area (Å²) in [5.41, 5.74) is 4.51. The first kappa shape index (κ1) is 14.4. The summed E-state index contributed by atoms with van der Waals surface area (Å²) in [6.07, 6.45) is 1.71. The van der Waals surface area contributed by atoms with Gasteiger partial charge >= 0.3 is 0 Å². The van der Waals surface area contributed by atoms with E-state index >= 15 is 0 Å². The van der Waals surface area contributed by atoms with E-state index in [2.05, 4.69) is 36.1 Å². The summed E-state index contributed by atoms with van der Waals surface area (Å²) in [6.45, 7) is 3.98. The Morgan fingerprint density at radius 3 is 2.71 bits per heavy atom. The smallest absolute Gasteiger partial charge is 0.0776 e. The van der Waals surface area contributed by atoms with Gasteiger partial charge in [-0.3, -0.25) is 0 Å². The maximum Gasteiger partial charge on any atom is 0.0776 e. The van der Waals surface area contributed by atoms with E-state index in [0.717, 1.165) is 24.1 Å². The third-order valence-electron chi connectivity index (χ3n) is 4.24. The highest BCUT2D eigenvalue weighted by molar-refractivity contribution is 6.31. The van der Waals surface area contributed by atoms with Crippen molar-refractivity contribution < 1.29 is 5.11 Å². The molecule has 1 heterocycles. The predicted octanol–water partition coefficient (Wildman–Crippen LogP) is 4.87. The van der Waals surface area contributed by atoms with Crippen molar-refractivity contribution in [2.24, 2.45) is 0 Å². The summed E-state index contributed by atoms with van der Waals surface area (Å²) < 4.78 is 0. The number of anilines is 2. The van der Waals surface area contributed by atoms with E-state index < -0.39 is 6.10 Å². The zero-order valence-electron chi connectivity index (χ0n) is 12.4. The van der Waals surface area contributed by atoms with Crippen molar-refractivity contribution in [2.45, 2.75) is 38.8 Å². The Kier molecular flexibility index (Phi) is 3.92. The average Bonchev–Trinajstić information content (AvgIpc) is 2.46. The molecule has 1 aliphatic heterocycles. The molecule has 1 N–H and O–H groups in total. The summed E-state index contributed by atoms with van der Waals surface area (Å²) in [5, 5.41) is 10.3. The van der Waals surface area contributed by atoms with Gasteiger partial charge in [0.1, 0.15) is 0 Å². The zero-order chi connectivity index (χ0) is 15.0. The van der Waals surface area contributed by atoms with Gasteiger partial charge in [0.15, 0.2) is 0 Å². The van der Waals surface area contributed by atoms with Crippen LogP contribution in [0.5, 0.6) is 0 Å². The van der Waals surface area contributed by atoms with Crippen LogP contribution in [-0.4, -0.2) is 11.1 Å². The molecule has 2 aromatic carbocycles. The topological polar surface area (TPSA) is 23.5 Å². The standard InChI is InChI=1S/C18H20ClNO/c1-12-7-8-14-5-3-4-6-18(14)20(12)15-9-10-16(13(2)21)17(19)11-15/h3-6,9-13,21H,7-8H2,1-2H3. The lowest BCUT2D eigenvalue weighted by atomic mass is 9.95.